The largest absolute Gasteiger partial charge is 0.198 e. The Morgan fingerprint density at radius 1 is 1.24 bits per heavy atom. The summed E-state index contributed by atoms with van der Waals surface area (Å²) in [5.41, 5.74) is 3.62. The van der Waals surface area contributed by atoms with Crippen molar-refractivity contribution in [3.8, 4) is 12.1 Å². The number of benzene rings is 1. The Morgan fingerprint density at radius 2 is 1.94 bits per heavy atom. The summed E-state index contributed by atoms with van der Waals surface area (Å²) < 4.78 is 0. The van der Waals surface area contributed by atoms with Crippen LogP contribution in [0.2, 0.25) is 0 Å². The van der Waals surface area contributed by atoms with E-state index in [1.54, 1.807) is 0 Å². The summed E-state index contributed by atoms with van der Waals surface area (Å²) in [6.45, 7) is 6.05. The van der Waals surface area contributed by atoms with Crippen LogP contribution >= 0.6 is 0 Å². The van der Waals surface area contributed by atoms with Crippen LogP contribution in [0.1, 0.15) is 42.9 Å². The maximum absolute atomic E-state index is 8.90. The van der Waals surface area contributed by atoms with E-state index in [0.29, 0.717) is 6.42 Å². The first-order valence-corrected chi connectivity index (χ1v) is 5.94. The predicted molar refractivity (Wildman–Crippen MR) is 68.3 cm³/mol. The third-order valence-corrected chi connectivity index (χ3v) is 2.97. The molecule has 0 aliphatic carbocycles. The average Bonchev–Trinajstić information content (AvgIpc) is 2.29. The molecule has 2 heteroatoms. The molecule has 2 unspecified atom stereocenters. The van der Waals surface area contributed by atoms with E-state index < -0.39 is 0 Å². The van der Waals surface area contributed by atoms with Crippen molar-refractivity contribution in [3.63, 3.8) is 0 Å². The van der Waals surface area contributed by atoms with Gasteiger partial charge in [0, 0.05) is 12.3 Å². The minimum atomic E-state index is 0.0184. The molecule has 1 aromatic carbocycles. The lowest BCUT2D eigenvalue weighted by atomic mass is 9.88. The first-order valence-electron chi connectivity index (χ1n) is 5.94. The lowest BCUT2D eigenvalue weighted by Gasteiger charge is -2.15. The topological polar surface area (TPSA) is 47.6 Å². The number of nitriles is 2. The monoisotopic (exact) mass is 226 g/mol. The van der Waals surface area contributed by atoms with E-state index in [2.05, 4.69) is 44.2 Å². The fourth-order valence-corrected chi connectivity index (χ4v) is 2.01. The van der Waals surface area contributed by atoms with Gasteiger partial charge in [0.25, 0.3) is 0 Å². The summed E-state index contributed by atoms with van der Waals surface area (Å²) in [5, 5.41) is 17.7. The third kappa shape index (κ3) is 3.61. The van der Waals surface area contributed by atoms with E-state index in [0.717, 1.165) is 6.42 Å². The molecule has 0 saturated heterocycles. The van der Waals surface area contributed by atoms with E-state index in [-0.39, 0.29) is 11.8 Å². The van der Waals surface area contributed by atoms with Crippen molar-refractivity contribution >= 4 is 0 Å². The van der Waals surface area contributed by atoms with Gasteiger partial charge in [-0.3, -0.25) is 0 Å². The highest BCUT2D eigenvalue weighted by atomic mass is 14.3. The molecular formula is C15H18N2. The van der Waals surface area contributed by atoms with Gasteiger partial charge in [0.05, 0.1) is 12.1 Å². The first kappa shape index (κ1) is 13.3. The summed E-state index contributed by atoms with van der Waals surface area (Å²) in [5.74, 6) is 0.256. The molecule has 0 spiro atoms. The maximum atomic E-state index is 8.90. The lowest BCUT2D eigenvalue weighted by Crippen LogP contribution is -2.04. The molecule has 1 rings (SSSR count). The van der Waals surface area contributed by atoms with Crippen molar-refractivity contribution in [3.05, 3.63) is 34.9 Å². The van der Waals surface area contributed by atoms with E-state index >= 15 is 0 Å². The van der Waals surface area contributed by atoms with Gasteiger partial charge in [-0.2, -0.15) is 10.5 Å². The number of hydrogen-bond donors (Lipinski definition) is 0. The van der Waals surface area contributed by atoms with Gasteiger partial charge < -0.3 is 0 Å². The second kappa shape index (κ2) is 6.06. The van der Waals surface area contributed by atoms with Crippen LogP contribution in [-0.2, 0) is 6.42 Å². The van der Waals surface area contributed by atoms with Crippen molar-refractivity contribution in [2.75, 3.05) is 0 Å². The van der Waals surface area contributed by atoms with Crippen molar-refractivity contribution in [2.45, 2.75) is 39.5 Å². The van der Waals surface area contributed by atoms with Gasteiger partial charge in [0.1, 0.15) is 0 Å². The molecule has 0 amide bonds. The molecule has 0 N–H and O–H groups in total. The highest BCUT2D eigenvalue weighted by Gasteiger charge is 2.12. The minimum Gasteiger partial charge on any atom is -0.198 e. The van der Waals surface area contributed by atoms with Crippen LogP contribution in [0, 0.1) is 35.5 Å². The third-order valence-electron chi connectivity index (χ3n) is 2.97. The predicted octanol–water partition coefficient (Wildman–Crippen LogP) is 3.71. The normalized spacial score (nSPS) is 13.5. The van der Waals surface area contributed by atoms with Crippen LogP contribution in [0.15, 0.2) is 18.2 Å². The first-order chi connectivity index (χ1) is 8.08. The average molecular weight is 226 g/mol. The van der Waals surface area contributed by atoms with E-state index in [9.17, 15) is 0 Å². The summed E-state index contributed by atoms with van der Waals surface area (Å²) >= 11 is 0. The summed E-state index contributed by atoms with van der Waals surface area (Å²) in [6, 6.07) is 10.8. The van der Waals surface area contributed by atoms with Crippen LogP contribution in [0.3, 0.4) is 0 Å². The molecule has 1 aromatic rings. The molecule has 0 heterocycles. The van der Waals surface area contributed by atoms with E-state index in [1.807, 2.05) is 6.92 Å². The zero-order chi connectivity index (χ0) is 12.8. The Kier molecular flexibility index (Phi) is 4.73. The molecule has 0 bridgehead atoms. The standard InChI is InChI=1S/C15H18N2/c1-11-4-5-15(13(3)6-7-16)14(8-11)9-12(2)10-17/h4-5,8,12-13H,6,9H2,1-3H3. The van der Waals surface area contributed by atoms with Crippen LogP contribution in [0.5, 0.6) is 0 Å². The fourth-order valence-electron chi connectivity index (χ4n) is 2.01. The molecule has 88 valence electrons. The van der Waals surface area contributed by atoms with Crippen molar-refractivity contribution < 1.29 is 0 Å². The van der Waals surface area contributed by atoms with Crippen molar-refractivity contribution in [2.24, 2.45) is 5.92 Å². The van der Waals surface area contributed by atoms with Crippen molar-refractivity contribution in [1.82, 2.24) is 0 Å². The van der Waals surface area contributed by atoms with Gasteiger partial charge in [-0.15, -0.1) is 0 Å². The summed E-state index contributed by atoms with van der Waals surface area (Å²) in [7, 11) is 0. The summed E-state index contributed by atoms with van der Waals surface area (Å²) in [4.78, 5) is 0. The molecule has 0 aromatic heterocycles. The maximum Gasteiger partial charge on any atom is 0.0656 e. The zero-order valence-electron chi connectivity index (χ0n) is 10.7. The quantitative estimate of drug-likeness (QED) is 0.785. The van der Waals surface area contributed by atoms with Crippen molar-refractivity contribution in [1.29, 1.82) is 10.5 Å². The molecule has 0 saturated carbocycles. The lowest BCUT2D eigenvalue weighted by molar-refractivity contribution is 0.707. The Balaban J connectivity index is 3.04. The number of hydrogen-bond acceptors (Lipinski definition) is 2. The second-order valence-electron chi connectivity index (χ2n) is 4.70. The molecule has 0 aliphatic heterocycles. The molecular weight excluding hydrogens is 208 g/mol. The Morgan fingerprint density at radius 3 is 2.53 bits per heavy atom. The van der Waals surface area contributed by atoms with Crippen LogP contribution in [0.4, 0.5) is 0 Å². The number of aryl methyl sites for hydroxylation is 1. The SMILES string of the molecule is Cc1ccc(C(C)CC#N)c(CC(C)C#N)c1. The van der Waals surface area contributed by atoms with Gasteiger partial charge in [-0.05, 0) is 37.3 Å². The van der Waals surface area contributed by atoms with E-state index in [1.165, 1.54) is 16.7 Å². The Bertz CT molecular complexity index is 463. The highest BCUT2D eigenvalue weighted by Crippen LogP contribution is 2.25. The van der Waals surface area contributed by atoms with Gasteiger partial charge in [0.2, 0.25) is 0 Å². The molecule has 17 heavy (non-hydrogen) atoms. The number of rotatable bonds is 4. The Hall–Kier alpha value is -1.80. The molecule has 0 aliphatic rings. The van der Waals surface area contributed by atoms with Crippen LogP contribution < -0.4 is 0 Å². The minimum absolute atomic E-state index is 0.0184. The van der Waals surface area contributed by atoms with E-state index in [4.69, 9.17) is 10.5 Å². The molecule has 0 radical (unpaired) electrons. The number of nitrogens with zero attached hydrogens (tertiary/aromatic N) is 2. The van der Waals surface area contributed by atoms with Gasteiger partial charge in [-0.1, -0.05) is 30.7 Å². The van der Waals surface area contributed by atoms with Gasteiger partial charge >= 0.3 is 0 Å². The fraction of sp³-hybridized carbons (Fsp3) is 0.467. The van der Waals surface area contributed by atoms with Gasteiger partial charge in [0.15, 0.2) is 0 Å². The Labute approximate surface area is 104 Å². The smallest absolute Gasteiger partial charge is 0.0656 e. The van der Waals surface area contributed by atoms with Crippen LogP contribution in [0.25, 0.3) is 0 Å². The second-order valence-corrected chi connectivity index (χ2v) is 4.70. The van der Waals surface area contributed by atoms with Gasteiger partial charge in [-0.25, -0.2) is 0 Å². The molecule has 2 atom stereocenters. The summed E-state index contributed by atoms with van der Waals surface area (Å²) in [6.07, 6.45) is 1.29. The van der Waals surface area contributed by atoms with Crippen LogP contribution in [-0.4, -0.2) is 0 Å². The molecule has 0 fully saturated rings. The molecule has 2 nitrogen and oxygen atoms in total. The highest BCUT2D eigenvalue weighted by molar-refractivity contribution is 5.35. The zero-order valence-corrected chi connectivity index (χ0v) is 10.7.